The molecule has 1 heteroatoms. The molecule has 0 heterocycles. The molecule has 0 aromatic carbocycles. The second kappa shape index (κ2) is 4.45. The number of hydrogen-bond acceptors (Lipinski definition) is 1. The SMILES string of the molecule is C/C=C\C=C(/C=S)C(C)(C)C. The Morgan fingerprint density at radius 2 is 1.82 bits per heavy atom. The van der Waals surface area contributed by atoms with Gasteiger partial charge in [-0.25, -0.2) is 0 Å². The normalized spacial score (nSPS) is 14.0. The molecule has 0 fully saturated rings. The van der Waals surface area contributed by atoms with E-state index in [0.29, 0.717) is 0 Å². The highest BCUT2D eigenvalue weighted by atomic mass is 32.1. The van der Waals surface area contributed by atoms with Gasteiger partial charge in [0.25, 0.3) is 0 Å². The molecule has 0 saturated heterocycles. The van der Waals surface area contributed by atoms with Crippen LogP contribution in [0.15, 0.2) is 23.8 Å². The summed E-state index contributed by atoms with van der Waals surface area (Å²) in [6.07, 6.45) is 6.08. The lowest BCUT2D eigenvalue weighted by molar-refractivity contribution is 0.528. The van der Waals surface area contributed by atoms with Crippen LogP contribution in [0, 0.1) is 5.41 Å². The van der Waals surface area contributed by atoms with Crippen LogP contribution in [0.3, 0.4) is 0 Å². The van der Waals surface area contributed by atoms with E-state index in [1.807, 2.05) is 19.1 Å². The highest BCUT2D eigenvalue weighted by molar-refractivity contribution is 7.79. The van der Waals surface area contributed by atoms with Crippen molar-refractivity contribution < 1.29 is 0 Å². The third-order valence-electron chi connectivity index (χ3n) is 1.46. The third kappa shape index (κ3) is 4.10. The van der Waals surface area contributed by atoms with Crippen molar-refractivity contribution in [2.24, 2.45) is 5.41 Å². The molecular formula is C10H16S. The minimum atomic E-state index is 0.168. The van der Waals surface area contributed by atoms with Gasteiger partial charge in [-0.2, -0.15) is 0 Å². The van der Waals surface area contributed by atoms with Gasteiger partial charge in [0.05, 0.1) is 0 Å². The summed E-state index contributed by atoms with van der Waals surface area (Å²) < 4.78 is 0. The van der Waals surface area contributed by atoms with E-state index in [1.165, 1.54) is 5.57 Å². The first-order chi connectivity index (χ1) is 5.02. The highest BCUT2D eigenvalue weighted by Gasteiger charge is 2.13. The molecule has 0 spiro atoms. The van der Waals surface area contributed by atoms with Crippen molar-refractivity contribution in [3.63, 3.8) is 0 Å². The van der Waals surface area contributed by atoms with Gasteiger partial charge in [0, 0.05) is 5.37 Å². The minimum absolute atomic E-state index is 0.168. The second-order valence-electron chi connectivity index (χ2n) is 3.52. The van der Waals surface area contributed by atoms with Gasteiger partial charge in [-0.3, -0.25) is 0 Å². The molecule has 0 radical (unpaired) electrons. The van der Waals surface area contributed by atoms with E-state index in [9.17, 15) is 0 Å². The van der Waals surface area contributed by atoms with Crippen LogP contribution >= 0.6 is 12.2 Å². The zero-order chi connectivity index (χ0) is 8.91. The fourth-order valence-electron chi connectivity index (χ4n) is 0.666. The Balaban J connectivity index is 4.53. The Hall–Kier alpha value is -0.430. The molecule has 0 bridgehead atoms. The van der Waals surface area contributed by atoms with Crippen molar-refractivity contribution in [2.45, 2.75) is 27.7 Å². The van der Waals surface area contributed by atoms with Gasteiger partial charge in [-0.05, 0) is 17.9 Å². The quantitative estimate of drug-likeness (QED) is 0.345. The van der Waals surface area contributed by atoms with Crippen molar-refractivity contribution in [2.75, 3.05) is 0 Å². The molecule has 0 aliphatic heterocycles. The van der Waals surface area contributed by atoms with Crippen molar-refractivity contribution in [3.8, 4) is 0 Å². The molecule has 0 N–H and O–H groups in total. The molecule has 0 nitrogen and oxygen atoms in total. The number of rotatable bonds is 2. The Morgan fingerprint density at radius 1 is 1.27 bits per heavy atom. The third-order valence-corrected chi connectivity index (χ3v) is 1.72. The van der Waals surface area contributed by atoms with Crippen molar-refractivity contribution in [1.82, 2.24) is 0 Å². The van der Waals surface area contributed by atoms with Gasteiger partial charge in [-0.15, -0.1) is 0 Å². The molecular weight excluding hydrogens is 152 g/mol. The average Bonchev–Trinajstić information content (AvgIpc) is 1.87. The fraction of sp³-hybridized carbons (Fsp3) is 0.500. The number of allylic oxidation sites excluding steroid dienone is 4. The zero-order valence-electron chi connectivity index (χ0n) is 7.72. The molecule has 62 valence electrons. The smallest absolute Gasteiger partial charge is 0.00509 e. The van der Waals surface area contributed by atoms with Gasteiger partial charge in [0.2, 0.25) is 0 Å². The van der Waals surface area contributed by atoms with Gasteiger partial charge in [0.15, 0.2) is 0 Å². The van der Waals surface area contributed by atoms with Crippen LogP contribution in [0.25, 0.3) is 0 Å². The van der Waals surface area contributed by atoms with E-state index in [2.05, 4.69) is 26.8 Å². The van der Waals surface area contributed by atoms with E-state index < -0.39 is 0 Å². The van der Waals surface area contributed by atoms with Crippen molar-refractivity contribution in [1.29, 1.82) is 0 Å². The molecule has 0 aliphatic carbocycles. The molecule has 0 atom stereocenters. The lowest BCUT2D eigenvalue weighted by Gasteiger charge is -2.18. The molecule has 0 aromatic heterocycles. The zero-order valence-corrected chi connectivity index (χ0v) is 8.53. The van der Waals surface area contributed by atoms with Crippen LogP contribution < -0.4 is 0 Å². The molecule has 11 heavy (non-hydrogen) atoms. The van der Waals surface area contributed by atoms with Crippen molar-refractivity contribution in [3.05, 3.63) is 23.8 Å². The summed E-state index contributed by atoms with van der Waals surface area (Å²) in [5.74, 6) is 0. The summed E-state index contributed by atoms with van der Waals surface area (Å²) in [5.41, 5.74) is 1.37. The summed E-state index contributed by atoms with van der Waals surface area (Å²) in [6.45, 7) is 8.47. The maximum absolute atomic E-state index is 4.91. The first-order valence-corrected chi connectivity index (χ1v) is 4.28. The van der Waals surface area contributed by atoms with E-state index in [-0.39, 0.29) is 5.41 Å². The first-order valence-electron chi connectivity index (χ1n) is 3.81. The average molecular weight is 168 g/mol. The molecule has 0 aromatic rings. The second-order valence-corrected chi connectivity index (χ2v) is 3.75. The molecule has 0 saturated carbocycles. The Labute approximate surface area is 75.0 Å². The summed E-state index contributed by atoms with van der Waals surface area (Å²) in [4.78, 5) is 0. The topological polar surface area (TPSA) is 0 Å². The lowest BCUT2D eigenvalue weighted by Crippen LogP contribution is -2.09. The maximum Gasteiger partial charge on any atom is 0.00509 e. The Kier molecular flexibility index (Phi) is 4.27. The monoisotopic (exact) mass is 168 g/mol. The summed E-state index contributed by atoms with van der Waals surface area (Å²) in [5, 5.41) is 1.75. The number of hydrogen-bond donors (Lipinski definition) is 0. The first kappa shape index (κ1) is 10.6. The van der Waals surface area contributed by atoms with Gasteiger partial charge in [0.1, 0.15) is 0 Å². The van der Waals surface area contributed by atoms with E-state index in [1.54, 1.807) is 5.37 Å². The Morgan fingerprint density at radius 3 is 2.09 bits per heavy atom. The van der Waals surface area contributed by atoms with E-state index in [4.69, 9.17) is 12.2 Å². The molecule has 0 amide bonds. The largest absolute Gasteiger partial charge is 0.0884 e. The van der Waals surface area contributed by atoms with Crippen LogP contribution in [0.4, 0.5) is 0 Å². The summed E-state index contributed by atoms with van der Waals surface area (Å²) in [7, 11) is 0. The number of thiocarbonyl (C=S) groups is 1. The predicted octanol–water partition coefficient (Wildman–Crippen LogP) is 3.53. The minimum Gasteiger partial charge on any atom is -0.0884 e. The molecule has 0 aliphatic rings. The van der Waals surface area contributed by atoms with Gasteiger partial charge < -0.3 is 0 Å². The maximum atomic E-state index is 4.91. The van der Waals surface area contributed by atoms with Crippen LogP contribution in [0.2, 0.25) is 0 Å². The molecule has 0 unspecified atom stereocenters. The van der Waals surface area contributed by atoms with Crippen LogP contribution in [-0.2, 0) is 0 Å². The predicted molar refractivity (Wildman–Crippen MR) is 56.0 cm³/mol. The Bertz CT molecular complexity index is 180. The summed E-state index contributed by atoms with van der Waals surface area (Å²) >= 11 is 4.91. The van der Waals surface area contributed by atoms with Gasteiger partial charge in [-0.1, -0.05) is 51.2 Å². The lowest BCUT2D eigenvalue weighted by atomic mass is 9.87. The van der Waals surface area contributed by atoms with Crippen LogP contribution in [-0.4, -0.2) is 5.37 Å². The van der Waals surface area contributed by atoms with Crippen LogP contribution in [0.5, 0.6) is 0 Å². The molecule has 0 rings (SSSR count). The van der Waals surface area contributed by atoms with Crippen LogP contribution in [0.1, 0.15) is 27.7 Å². The van der Waals surface area contributed by atoms with E-state index >= 15 is 0 Å². The van der Waals surface area contributed by atoms with Gasteiger partial charge >= 0.3 is 0 Å². The van der Waals surface area contributed by atoms with Crippen molar-refractivity contribution >= 4 is 17.6 Å². The van der Waals surface area contributed by atoms with E-state index in [0.717, 1.165) is 0 Å². The standard InChI is InChI=1S/C10H16S/c1-5-6-7-9(8-11)10(2,3)4/h5-8H,1-4H3/b6-5-,9-7+. The highest BCUT2D eigenvalue weighted by Crippen LogP contribution is 2.23. The fourth-order valence-corrected chi connectivity index (χ4v) is 1.10. The summed E-state index contributed by atoms with van der Waals surface area (Å²) in [6, 6.07) is 0.